The van der Waals surface area contributed by atoms with E-state index in [-0.39, 0.29) is 0 Å². The Morgan fingerprint density at radius 3 is 2.71 bits per heavy atom. The summed E-state index contributed by atoms with van der Waals surface area (Å²) in [4.78, 5) is 6.71. The van der Waals surface area contributed by atoms with E-state index >= 15 is 0 Å². The van der Waals surface area contributed by atoms with Gasteiger partial charge in [0.1, 0.15) is 0 Å². The van der Waals surface area contributed by atoms with Crippen molar-refractivity contribution in [2.75, 3.05) is 24.5 Å². The number of piperidine rings is 1. The summed E-state index contributed by atoms with van der Waals surface area (Å²) in [6, 6.07) is 1.38. The van der Waals surface area contributed by atoms with E-state index in [0.29, 0.717) is 12.0 Å². The van der Waals surface area contributed by atoms with Gasteiger partial charge in [0.2, 0.25) is 0 Å². The highest BCUT2D eigenvalue weighted by molar-refractivity contribution is 5.27. The molecule has 2 aliphatic rings. The third kappa shape index (κ3) is 2.44. The summed E-state index contributed by atoms with van der Waals surface area (Å²) in [7, 11) is 0. The SMILES string of the molecule is CCNC1CCN(c2nc(C3CC3)no2)CC1. The second kappa shape index (κ2) is 4.64. The second-order valence-electron chi connectivity index (χ2n) is 5.03. The van der Waals surface area contributed by atoms with Gasteiger partial charge in [-0.25, -0.2) is 0 Å². The molecule has 0 spiro atoms. The molecule has 94 valence electrons. The van der Waals surface area contributed by atoms with E-state index in [1.165, 1.54) is 12.8 Å². The van der Waals surface area contributed by atoms with Crippen LogP contribution in [0.4, 0.5) is 6.01 Å². The third-order valence-electron chi connectivity index (χ3n) is 3.63. The lowest BCUT2D eigenvalue weighted by Crippen LogP contribution is -2.42. The maximum atomic E-state index is 5.35. The van der Waals surface area contributed by atoms with Crippen molar-refractivity contribution in [3.8, 4) is 0 Å². The van der Waals surface area contributed by atoms with Crippen molar-refractivity contribution in [1.29, 1.82) is 0 Å². The molecule has 17 heavy (non-hydrogen) atoms. The lowest BCUT2D eigenvalue weighted by Gasteiger charge is -2.30. The average molecular weight is 236 g/mol. The molecule has 1 aliphatic carbocycles. The number of nitrogens with one attached hydrogen (secondary N) is 1. The molecule has 1 aromatic heterocycles. The summed E-state index contributed by atoms with van der Waals surface area (Å²) < 4.78 is 5.35. The normalized spacial score (nSPS) is 22.1. The van der Waals surface area contributed by atoms with Gasteiger partial charge in [0.05, 0.1) is 0 Å². The van der Waals surface area contributed by atoms with Crippen molar-refractivity contribution in [1.82, 2.24) is 15.5 Å². The maximum Gasteiger partial charge on any atom is 0.324 e. The van der Waals surface area contributed by atoms with Crippen LogP contribution in [0.2, 0.25) is 0 Å². The molecule has 1 aliphatic heterocycles. The monoisotopic (exact) mass is 236 g/mol. The number of hydrogen-bond donors (Lipinski definition) is 1. The molecule has 3 rings (SSSR count). The average Bonchev–Trinajstić information content (AvgIpc) is 3.09. The third-order valence-corrected chi connectivity index (χ3v) is 3.63. The van der Waals surface area contributed by atoms with Gasteiger partial charge >= 0.3 is 6.01 Å². The van der Waals surface area contributed by atoms with Gasteiger partial charge < -0.3 is 14.7 Å². The number of aromatic nitrogens is 2. The fourth-order valence-corrected chi connectivity index (χ4v) is 2.43. The fraction of sp³-hybridized carbons (Fsp3) is 0.833. The molecule has 0 amide bonds. The lowest BCUT2D eigenvalue weighted by atomic mass is 10.1. The van der Waals surface area contributed by atoms with Crippen LogP contribution < -0.4 is 10.2 Å². The highest BCUT2D eigenvalue weighted by atomic mass is 16.5. The van der Waals surface area contributed by atoms with Crippen molar-refractivity contribution in [2.24, 2.45) is 0 Å². The Kier molecular flexibility index (Phi) is 3.01. The largest absolute Gasteiger partial charge is 0.324 e. The lowest BCUT2D eigenvalue weighted by molar-refractivity contribution is 0.372. The molecule has 0 aromatic carbocycles. The maximum absolute atomic E-state index is 5.35. The van der Waals surface area contributed by atoms with Gasteiger partial charge in [-0.2, -0.15) is 4.98 Å². The zero-order valence-electron chi connectivity index (χ0n) is 10.4. The van der Waals surface area contributed by atoms with E-state index in [0.717, 1.165) is 44.3 Å². The fourth-order valence-electron chi connectivity index (χ4n) is 2.43. The Balaban J connectivity index is 1.57. The van der Waals surface area contributed by atoms with Crippen molar-refractivity contribution in [2.45, 2.75) is 44.6 Å². The van der Waals surface area contributed by atoms with Gasteiger partial charge in [-0.1, -0.05) is 12.1 Å². The van der Waals surface area contributed by atoms with Gasteiger partial charge in [0.15, 0.2) is 5.82 Å². The van der Waals surface area contributed by atoms with Crippen LogP contribution in [0.25, 0.3) is 0 Å². The van der Waals surface area contributed by atoms with E-state index in [4.69, 9.17) is 4.52 Å². The zero-order chi connectivity index (χ0) is 11.7. The number of hydrogen-bond acceptors (Lipinski definition) is 5. The van der Waals surface area contributed by atoms with E-state index in [1.54, 1.807) is 0 Å². The molecule has 1 aromatic rings. The zero-order valence-corrected chi connectivity index (χ0v) is 10.4. The highest BCUT2D eigenvalue weighted by Gasteiger charge is 2.30. The molecule has 2 fully saturated rings. The molecule has 2 heterocycles. The first kappa shape index (κ1) is 11.0. The Hall–Kier alpha value is -1.10. The summed E-state index contributed by atoms with van der Waals surface area (Å²) in [5.74, 6) is 1.49. The van der Waals surface area contributed by atoms with Gasteiger partial charge in [-0.15, -0.1) is 0 Å². The summed E-state index contributed by atoms with van der Waals surface area (Å²) >= 11 is 0. The van der Waals surface area contributed by atoms with Crippen LogP contribution in [0.1, 0.15) is 44.3 Å². The number of anilines is 1. The Morgan fingerprint density at radius 1 is 1.29 bits per heavy atom. The summed E-state index contributed by atoms with van der Waals surface area (Å²) in [6.07, 6.45) is 4.77. The molecule has 5 heteroatoms. The molecule has 0 bridgehead atoms. The molecule has 1 saturated heterocycles. The van der Waals surface area contributed by atoms with E-state index in [9.17, 15) is 0 Å². The first-order valence-corrected chi connectivity index (χ1v) is 6.68. The molecule has 1 N–H and O–H groups in total. The minimum absolute atomic E-state index is 0.576. The van der Waals surface area contributed by atoms with Crippen molar-refractivity contribution in [3.05, 3.63) is 5.82 Å². The van der Waals surface area contributed by atoms with Crippen molar-refractivity contribution >= 4 is 6.01 Å². The summed E-state index contributed by atoms with van der Waals surface area (Å²) in [6.45, 7) is 5.25. The minimum atomic E-state index is 0.576. The first-order valence-electron chi connectivity index (χ1n) is 6.68. The van der Waals surface area contributed by atoms with Gasteiger partial charge in [0.25, 0.3) is 0 Å². The van der Waals surface area contributed by atoms with E-state index < -0.39 is 0 Å². The first-order chi connectivity index (χ1) is 8.36. The van der Waals surface area contributed by atoms with E-state index in [1.807, 2.05) is 0 Å². The van der Waals surface area contributed by atoms with Gasteiger partial charge in [0, 0.05) is 25.0 Å². The predicted molar refractivity (Wildman–Crippen MR) is 65.2 cm³/mol. The van der Waals surface area contributed by atoms with Crippen molar-refractivity contribution in [3.63, 3.8) is 0 Å². The Morgan fingerprint density at radius 2 is 2.06 bits per heavy atom. The molecule has 0 radical (unpaired) electrons. The minimum Gasteiger partial charge on any atom is -0.324 e. The standard InChI is InChI=1S/C12H20N4O/c1-2-13-10-5-7-16(8-6-10)12-14-11(15-17-12)9-3-4-9/h9-10,13H,2-8H2,1H3. The van der Waals surface area contributed by atoms with Crippen LogP contribution in [0, 0.1) is 0 Å². The predicted octanol–water partition coefficient (Wildman–Crippen LogP) is 1.53. The van der Waals surface area contributed by atoms with Gasteiger partial charge in [-0.3, -0.25) is 0 Å². The molecular formula is C12H20N4O. The number of nitrogens with zero attached hydrogens (tertiary/aromatic N) is 3. The summed E-state index contributed by atoms with van der Waals surface area (Å²) in [5.41, 5.74) is 0. The van der Waals surface area contributed by atoms with Crippen LogP contribution in [-0.4, -0.2) is 35.8 Å². The highest BCUT2D eigenvalue weighted by Crippen LogP contribution is 2.38. The van der Waals surface area contributed by atoms with Crippen LogP contribution in [0.5, 0.6) is 0 Å². The van der Waals surface area contributed by atoms with Crippen molar-refractivity contribution < 1.29 is 4.52 Å². The molecular weight excluding hydrogens is 216 g/mol. The second-order valence-corrected chi connectivity index (χ2v) is 5.03. The topological polar surface area (TPSA) is 54.2 Å². The van der Waals surface area contributed by atoms with Gasteiger partial charge in [-0.05, 0) is 32.2 Å². The Bertz CT molecular complexity index is 366. The van der Waals surface area contributed by atoms with Crippen LogP contribution in [0.15, 0.2) is 4.52 Å². The molecule has 1 saturated carbocycles. The number of rotatable bonds is 4. The molecule has 0 unspecified atom stereocenters. The summed E-state index contributed by atoms with van der Waals surface area (Å²) in [5, 5.41) is 7.56. The molecule has 0 atom stereocenters. The quantitative estimate of drug-likeness (QED) is 0.859. The van der Waals surface area contributed by atoms with Crippen LogP contribution in [-0.2, 0) is 0 Å². The smallest absolute Gasteiger partial charge is 0.324 e. The Labute approximate surface area is 102 Å². The molecule has 5 nitrogen and oxygen atoms in total. The van der Waals surface area contributed by atoms with Crippen LogP contribution in [0.3, 0.4) is 0 Å². The van der Waals surface area contributed by atoms with Crippen LogP contribution >= 0.6 is 0 Å². The van der Waals surface area contributed by atoms with E-state index in [2.05, 4.69) is 27.3 Å².